The number of hydrogen-bond donors (Lipinski definition) is 2. The number of carboxylic acids is 1. The molecule has 1 aliphatic heterocycles. The topological polar surface area (TPSA) is 56.3 Å². The Balaban J connectivity index is 1.91. The molecule has 1 aliphatic rings. The number of para-hydroxylation sites is 1. The monoisotopic (exact) mass is 286 g/mol. The summed E-state index contributed by atoms with van der Waals surface area (Å²) in [5.74, 6) is -0.665. The smallest absolute Gasteiger partial charge is 0.324 e. The summed E-state index contributed by atoms with van der Waals surface area (Å²) in [5, 5.41) is 11.0. The minimum absolute atomic E-state index is 0.665. The van der Waals surface area contributed by atoms with E-state index in [1.807, 2.05) is 18.3 Å². The van der Waals surface area contributed by atoms with Crippen LogP contribution in [-0.4, -0.2) is 33.0 Å². The Bertz CT molecular complexity index is 649. The minimum Gasteiger partial charge on any atom is -0.480 e. The predicted molar refractivity (Wildman–Crippen MR) is 83.2 cm³/mol. The fourth-order valence-electron chi connectivity index (χ4n) is 3.68. The molecule has 1 atom stereocenters. The van der Waals surface area contributed by atoms with E-state index in [0.717, 1.165) is 37.7 Å². The number of aromatic nitrogens is 1. The van der Waals surface area contributed by atoms with Crippen LogP contribution in [0.15, 0.2) is 30.5 Å². The van der Waals surface area contributed by atoms with Crippen molar-refractivity contribution in [1.29, 1.82) is 0 Å². The highest BCUT2D eigenvalue weighted by molar-refractivity contribution is 5.83. The van der Waals surface area contributed by atoms with Crippen LogP contribution in [0.5, 0.6) is 0 Å². The van der Waals surface area contributed by atoms with E-state index in [1.54, 1.807) is 0 Å². The summed E-state index contributed by atoms with van der Waals surface area (Å²) in [6.45, 7) is 3.63. The lowest BCUT2D eigenvalue weighted by Crippen LogP contribution is -2.49. The number of nitrogens with one attached hydrogen (secondary N) is 1. The molecule has 0 spiro atoms. The Morgan fingerprint density at radius 2 is 2.24 bits per heavy atom. The van der Waals surface area contributed by atoms with Crippen LogP contribution in [0.3, 0.4) is 0 Å². The van der Waals surface area contributed by atoms with Crippen LogP contribution < -0.4 is 0 Å². The number of aliphatic carboxylic acids is 1. The van der Waals surface area contributed by atoms with Gasteiger partial charge in [0.2, 0.25) is 0 Å². The maximum Gasteiger partial charge on any atom is 0.324 e. The van der Waals surface area contributed by atoms with Gasteiger partial charge in [-0.2, -0.15) is 0 Å². The number of nitrogens with zero attached hydrogens (tertiary/aromatic N) is 1. The second-order valence-electron chi connectivity index (χ2n) is 5.97. The molecule has 112 valence electrons. The molecule has 0 aliphatic carbocycles. The summed E-state index contributed by atoms with van der Waals surface area (Å²) >= 11 is 0. The highest BCUT2D eigenvalue weighted by Gasteiger charge is 2.46. The number of H-pyrrole nitrogens is 1. The standard InChI is InChI=1S/C17H22N2O2/c1-2-8-17(16(20)21)9-5-10-19(17)12-13-11-18-15-7-4-3-6-14(13)15/h3-4,6-7,11,18H,2,5,8-10,12H2,1H3,(H,20,21). The van der Waals surface area contributed by atoms with Gasteiger partial charge in [-0.1, -0.05) is 31.5 Å². The molecule has 0 saturated carbocycles. The Morgan fingerprint density at radius 1 is 1.43 bits per heavy atom. The molecule has 4 nitrogen and oxygen atoms in total. The molecular weight excluding hydrogens is 264 g/mol. The van der Waals surface area contributed by atoms with E-state index >= 15 is 0 Å². The summed E-state index contributed by atoms with van der Waals surface area (Å²) in [6.07, 6.45) is 5.37. The molecule has 0 radical (unpaired) electrons. The Labute approximate surface area is 124 Å². The average Bonchev–Trinajstić information content (AvgIpc) is 3.06. The number of carboxylic acid groups (broad SMARTS) is 1. The van der Waals surface area contributed by atoms with Crippen molar-refractivity contribution in [3.8, 4) is 0 Å². The molecule has 1 aromatic carbocycles. The highest BCUT2D eigenvalue weighted by Crippen LogP contribution is 2.36. The Hall–Kier alpha value is -1.81. The number of benzene rings is 1. The van der Waals surface area contributed by atoms with Gasteiger partial charge in [0.25, 0.3) is 0 Å². The van der Waals surface area contributed by atoms with Gasteiger partial charge >= 0.3 is 5.97 Å². The lowest BCUT2D eigenvalue weighted by Gasteiger charge is -2.34. The van der Waals surface area contributed by atoms with Crippen molar-refractivity contribution in [2.45, 2.75) is 44.7 Å². The molecule has 1 unspecified atom stereocenters. The first-order valence-corrected chi connectivity index (χ1v) is 7.71. The molecule has 2 N–H and O–H groups in total. The third-order valence-corrected chi connectivity index (χ3v) is 4.72. The normalized spacial score (nSPS) is 22.9. The van der Waals surface area contributed by atoms with E-state index in [0.29, 0.717) is 6.54 Å². The molecule has 1 aromatic heterocycles. The average molecular weight is 286 g/mol. The number of likely N-dealkylation sites (tertiary alicyclic amines) is 1. The lowest BCUT2D eigenvalue weighted by molar-refractivity contribution is -0.150. The third kappa shape index (κ3) is 2.33. The van der Waals surface area contributed by atoms with E-state index < -0.39 is 11.5 Å². The Kier molecular flexibility index (Phi) is 3.72. The van der Waals surface area contributed by atoms with Gasteiger partial charge in [0.05, 0.1) is 0 Å². The van der Waals surface area contributed by atoms with Gasteiger partial charge in [-0.25, -0.2) is 0 Å². The van der Waals surface area contributed by atoms with Gasteiger partial charge in [0.15, 0.2) is 0 Å². The number of carbonyl (C=O) groups is 1. The summed E-state index contributed by atoms with van der Waals surface area (Å²) in [6, 6.07) is 8.19. The molecule has 2 heterocycles. The first-order chi connectivity index (χ1) is 10.2. The van der Waals surface area contributed by atoms with E-state index in [1.165, 1.54) is 10.9 Å². The van der Waals surface area contributed by atoms with Gasteiger partial charge in [-0.15, -0.1) is 0 Å². The second kappa shape index (κ2) is 5.53. The van der Waals surface area contributed by atoms with Crippen LogP contribution in [-0.2, 0) is 11.3 Å². The summed E-state index contributed by atoms with van der Waals surface area (Å²) < 4.78 is 0. The molecule has 0 bridgehead atoms. The van der Waals surface area contributed by atoms with Gasteiger partial charge in [0.1, 0.15) is 5.54 Å². The summed E-state index contributed by atoms with van der Waals surface area (Å²) in [7, 11) is 0. The van der Waals surface area contributed by atoms with Crippen LogP contribution in [0.4, 0.5) is 0 Å². The van der Waals surface area contributed by atoms with Crippen LogP contribution >= 0.6 is 0 Å². The maximum absolute atomic E-state index is 11.9. The molecular formula is C17H22N2O2. The number of fused-ring (bicyclic) bond motifs is 1. The molecule has 1 fully saturated rings. The van der Waals surface area contributed by atoms with E-state index in [4.69, 9.17) is 0 Å². The molecule has 21 heavy (non-hydrogen) atoms. The molecule has 1 saturated heterocycles. The van der Waals surface area contributed by atoms with Crippen LogP contribution in [0, 0.1) is 0 Å². The predicted octanol–water partition coefficient (Wildman–Crippen LogP) is 3.39. The van der Waals surface area contributed by atoms with E-state index in [9.17, 15) is 9.90 Å². The van der Waals surface area contributed by atoms with Crippen LogP contribution in [0.25, 0.3) is 10.9 Å². The van der Waals surface area contributed by atoms with Gasteiger partial charge in [-0.05, 0) is 37.4 Å². The zero-order valence-corrected chi connectivity index (χ0v) is 12.4. The molecule has 0 amide bonds. The first-order valence-electron chi connectivity index (χ1n) is 7.71. The SMILES string of the molecule is CCCC1(C(=O)O)CCCN1Cc1c[nH]c2ccccc12. The van der Waals surface area contributed by atoms with Crippen molar-refractivity contribution < 1.29 is 9.90 Å². The maximum atomic E-state index is 11.9. The zero-order valence-electron chi connectivity index (χ0n) is 12.4. The first kappa shape index (κ1) is 14.1. The Morgan fingerprint density at radius 3 is 3.00 bits per heavy atom. The van der Waals surface area contributed by atoms with Crippen molar-refractivity contribution in [1.82, 2.24) is 9.88 Å². The fraction of sp³-hybridized carbons (Fsp3) is 0.471. The molecule has 4 heteroatoms. The fourth-order valence-corrected chi connectivity index (χ4v) is 3.68. The molecule has 2 aromatic rings. The number of rotatable bonds is 5. The van der Waals surface area contributed by atoms with Crippen molar-refractivity contribution in [3.63, 3.8) is 0 Å². The van der Waals surface area contributed by atoms with Crippen LogP contribution in [0.2, 0.25) is 0 Å². The third-order valence-electron chi connectivity index (χ3n) is 4.72. The van der Waals surface area contributed by atoms with Gasteiger partial charge in [-0.3, -0.25) is 9.69 Å². The van der Waals surface area contributed by atoms with E-state index in [2.05, 4.69) is 28.9 Å². The summed E-state index contributed by atoms with van der Waals surface area (Å²) in [5.41, 5.74) is 1.63. The number of hydrogen-bond acceptors (Lipinski definition) is 2. The summed E-state index contributed by atoms with van der Waals surface area (Å²) in [4.78, 5) is 17.3. The van der Waals surface area contributed by atoms with Crippen LogP contribution in [0.1, 0.15) is 38.2 Å². The zero-order chi connectivity index (χ0) is 14.9. The largest absolute Gasteiger partial charge is 0.480 e. The van der Waals surface area contributed by atoms with Gasteiger partial charge in [0, 0.05) is 23.6 Å². The second-order valence-corrected chi connectivity index (χ2v) is 5.97. The van der Waals surface area contributed by atoms with Crippen molar-refractivity contribution >= 4 is 16.9 Å². The quantitative estimate of drug-likeness (QED) is 0.886. The number of aromatic amines is 1. The molecule has 3 rings (SSSR count). The lowest BCUT2D eigenvalue weighted by atomic mass is 9.90. The van der Waals surface area contributed by atoms with Gasteiger partial charge < -0.3 is 10.1 Å². The minimum atomic E-state index is -0.673. The van der Waals surface area contributed by atoms with Crippen molar-refractivity contribution in [3.05, 3.63) is 36.0 Å². The van der Waals surface area contributed by atoms with E-state index in [-0.39, 0.29) is 0 Å². The van der Waals surface area contributed by atoms with Crippen molar-refractivity contribution in [2.24, 2.45) is 0 Å². The highest BCUT2D eigenvalue weighted by atomic mass is 16.4. The van der Waals surface area contributed by atoms with Crippen molar-refractivity contribution in [2.75, 3.05) is 6.54 Å².